The smallest absolute Gasteiger partial charge is 0.123 e. The molecule has 2 N–H and O–H groups in total. The van der Waals surface area contributed by atoms with Gasteiger partial charge in [-0.2, -0.15) is 5.26 Å². The number of anilines is 1. The highest BCUT2D eigenvalue weighted by molar-refractivity contribution is 5.42. The molecule has 2 aromatic rings. The van der Waals surface area contributed by atoms with Crippen molar-refractivity contribution in [2.75, 3.05) is 18.5 Å². The van der Waals surface area contributed by atoms with Gasteiger partial charge in [-0.1, -0.05) is 0 Å². The van der Waals surface area contributed by atoms with E-state index in [0.717, 1.165) is 5.69 Å². The molecular formula is C16H15FN2O2. The number of nitrogens with zero attached hydrogens (tertiary/aromatic N) is 1. The van der Waals surface area contributed by atoms with Crippen LogP contribution in [0.2, 0.25) is 0 Å². The Bertz CT molecular complexity index is 606. The Kier molecular flexibility index (Phi) is 5.13. The Balaban J connectivity index is 1.75. The highest BCUT2D eigenvalue weighted by Crippen LogP contribution is 2.12. The fourth-order valence-electron chi connectivity index (χ4n) is 1.68. The maximum atomic E-state index is 12.7. The molecule has 1 unspecified atom stereocenters. The number of nitrogens with one attached hydrogen (secondary N) is 1. The van der Waals surface area contributed by atoms with Gasteiger partial charge >= 0.3 is 0 Å². The molecule has 0 amide bonds. The lowest BCUT2D eigenvalue weighted by Crippen LogP contribution is -2.26. The fourth-order valence-corrected chi connectivity index (χ4v) is 1.68. The van der Waals surface area contributed by atoms with Crippen LogP contribution in [0.5, 0.6) is 5.75 Å². The summed E-state index contributed by atoms with van der Waals surface area (Å²) in [6.45, 7) is 0.419. The first kappa shape index (κ1) is 14.8. The van der Waals surface area contributed by atoms with Gasteiger partial charge in [0, 0.05) is 12.2 Å². The molecular weight excluding hydrogens is 271 g/mol. The van der Waals surface area contributed by atoms with Crippen molar-refractivity contribution in [3.05, 3.63) is 59.9 Å². The Morgan fingerprint density at radius 3 is 2.43 bits per heavy atom. The molecule has 0 fully saturated rings. The van der Waals surface area contributed by atoms with Crippen LogP contribution in [0, 0.1) is 17.1 Å². The van der Waals surface area contributed by atoms with E-state index in [1.165, 1.54) is 12.1 Å². The van der Waals surface area contributed by atoms with Crippen molar-refractivity contribution >= 4 is 5.69 Å². The van der Waals surface area contributed by atoms with Crippen molar-refractivity contribution in [1.82, 2.24) is 0 Å². The Hall–Kier alpha value is -2.58. The zero-order chi connectivity index (χ0) is 15.1. The number of ether oxygens (including phenoxy) is 1. The molecule has 2 rings (SSSR count). The number of benzene rings is 2. The van der Waals surface area contributed by atoms with Crippen LogP contribution in [0.15, 0.2) is 48.5 Å². The highest BCUT2D eigenvalue weighted by Gasteiger charge is 2.05. The van der Waals surface area contributed by atoms with E-state index < -0.39 is 6.10 Å². The second-order valence-corrected chi connectivity index (χ2v) is 4.49. The van der Waals surface area contributed by atoms with Crippen LogP contribution in [0.1, 0.15) is 5.56 Å². The third-order valence-corrected chi connectivity index (χ3v) is 2.81. The van der Waals surface area contributed by atoms with E-state index in [-0.39, 0.29) is 12.4 Å². The minimum absolute atomic E-state index is 0.125. The summed E-state index contributed by atoms with van der Waals surface area (Å²) >= 11 is 0. The van der Waals surface area contributed by atoms with Crippen LogP contribution >= 0.6 is 0 Å². The summed E-state index contributed by atoms with van der Waals surface area (Å²) in [6, 6.07) is 14.6. The number of hydrogen-bond donors (Lipinski definition) is 2. The third kappa shape index (κ3) is 4.79. The van der Waals surface area contributed by atoms with Crippen molar-refractivity contribution in [1.29, 1.82) is 5.26 Å². The molecule has 0 radical (unpaired) electrons. The van der Waals surface area contributed by atoms with Crippen LogP contribution in [0.25, 0.3) is 0 Å². The van der Waals surface area contributed by atoms with E-state index in [9.17, 15) is 9.50 Å². The van der Waals surface area contributed by atoms with Crippen LogP contribution in [-0.4, -0.2) is 24.4 Å². The lowest BCUT2D eigenvalue weighted by Gasteiger charge is -2.14. The van der Waals surface area contributed by atoms with E-state index in [1.54, 1.807) is 36.4 Å². The minimum Gasteiger partial charge on any atom is -0.491 e. The molecule has 4 nitrogen and oxygen atoms in total. The van der Waals surface area contributed by atoms with E-state index in [2.05, 4.69) is 5.32 Å². The van der Waals surface area contributed by atoms with Gasteiger partial charge in [-0.15, -0.1) is 0 Å². The van der Waals surface area contributed by atoms with Gasteiger partial charge in [-0.3, -0.25) is 0 Å². The van der Waals surface area contributed by atoms with Crippen molar-refractivity contribution in [3.63, 3.8) is 0 Å². The van der Waals surface area contributed by atoms with E-state index in [4.69, 9.17) is 10.00 Å². The summed E-state index contributed by atoms with van der Waals surface area (Å²) in [7, 11) is 0. The molecule has 1 atom stereocenters. The predicted molar refractivity (Wildman–Crippen MR) is 77.5 cm³/mol. The van der Waals surface area contributed by atoms with Gasteiger partial charge in [-0.05, 0) is 48.5 Å². The van der Waals surface area contributed by atoms with Gasteiger partial charge < -0.3 is 15.2 Å². The zero-order valence-corrected chi connectivity index (χ0v) is 11.3. The van der Waals surface area contributed by atoms with Gasteiger partial charge in [0.25, 0.3) is 0 Å². The zero-order valence-electron chi connectivity index (χ0n) is 11.3. The average molecular weight is 286 g/mol. The Labute approximate surface area is 122 Å². The summed E-state index contributed by atoms with van der Waals surface area (Å²) in [6.07, 6.45) is -0.703. The molecule has 0 saturated carbocycles. The van der Waals surface area contributed by atoms with Crippen LogP contribution in [0.3, 0.4) is 0 Å². The number of aliphatic hydroxyl groups is 1. The molecule has 0 aliphatic rings. The Morgan fingerprint density at radius 2 is 1.81 bits per heavy atom. The van der Waals surface area contributed by atoms with Crippen LogP contribution < -0.4 is 10.1 Å². The first-order valence-corrected chi connectivity index (χ1v) is 6.48. The lowest BCUT2D eigenvalue weighted by atomic mass is 10.2. The lowest BCUT2D eigenvalue weighted by molar-refractivity contribution is 0.117. The largest absolute Gasteiger partial charge is 0.491 e. The molecule has 0 saturated heterocycles. The van der Waals surface area contributed by atoms with E-state index >= 15 is 0 Å². The highest BCUT2D eigenvalue weighted by atomic mass is 19.1. The van der Waals surface area contributed by atoms with Crippen molar-refractivity contribution in [2.45, 2.75) is 6.10 Å². The molecule has 108 valence electrons. The number of halogens is 1. The van der Waals surface area contributed by atoms with Gasteiger partial charge in [0.15, 0.2) is 0 Å². The monoisotopic (exact) mass is 286 g/mol. The number of rotatable bonds is 6. The van der Waals surface area contributed by atoms with Crippen LogP contribution in [0.4, 0.5) is 10.1 Å². The summed E-state index contributed by atoms with van der Waals surface area (Å²) in [5, 5.41) is 21.5. The molecule has 0 heterocycles. The summed E-state index contributed by atoms with van der Waals surface area (Å²) < 4.78 is 18.1. The van der Waals surface area contributed by atoms with Gasteiger partial charge in [-0.25, -0.2) is 4.39 Å². The minimum atomic E-state index is -0.703. The molecule has 21 heavy (non-hydrogen) atoms. The molecule has 0 bridgehead atoms. The second-order valence-electron chi connectivity index (χ2n) is 4.49. The number of nitriles is 1. The predicted octanol–water partition coefficient (Wildman–Crippen LogP) is 2.55. The normalized spacial score (nSPS) is 11.5. The number of aliphatic hydroxyl groups excluding tert-OH is 1. The molecule has 5 heteroatoms. The maximum Gasteiger partial charge on any atom is 0.123 e. The quantitative estimate of drug-likeness (QED) is 0.856. The standard InChI is InChI=1S/C16H15FN2O2/c17-13-3-5-14(6-4-13)19-10-15(20)11-21-16-7-1-12(9-18)2-8-16/h1-8,15,19-20H,10-11H2. The van der Waals surface area contributed by atoms with E-state index in [0.29, 0.717) is 17.9 Å². The summed E-state index contributed by atoms with van der Waals surface area (Å²) in [5.41, 5.74) is 1.29. The molecule has 0 spiro atoms. The molecule has 2 aromatic carbocycles. The van der Waals surface area contributed by atoms with Gasteiger partial charge in [0.2, 0.25) is 0 Å². The summed E-state index contributed by atoms with van der Waals surface area (Å²) in [4.78, 5) is 0. The van der Waals surface area contributed by atoms with E-state index in [1.807, 2.05) is 6.07 Å². The maximum absolute atomic E-state index is 12.7. The number of hydrogen-bond acceptors (Lipinski definition) is 4. The topological polar surface area (TPSA) is 65.3 Å². The molecule has 0 aliphatic carbocycles. The van der Waals surface area contributed by atoms with Gasteiger partial charge in [0.05, 0.1) is 11.6 Å². The van der Waals surface area contributed by atoms with Crippen molar-refractivity contribution in [2.24, 2.45) is 0 Å². The summed E-state index contributed by atoms with van der Waals surface area (Å²) in [5.74, 6) is 0.292. The van der Waals surface area contributed by atoms with Crippen molar-refractivity contribution in [3.8, 4) is 11.8 Å². The van der Waals surface area contributed by atoms with Crippen molar-refractivity contribution < 1.29 is 14.2 Å². The SMILES string of the molecule is N#Cc1ccc(OCC(O)CNc2ccc(F)cc2)cc1. The van der Waals surface area contributed by atoms with Gasteiger partial charge in [0.1, 0.15) is 24.3 Å². The third-order valence-electron chi connectivity index (χ3n) is 2.81. The first-order valence-electron chi connectivity index (χ1n) is 6.48. The molecule has 0 aromatic heterocycles. The second kappa shape index (κ2) is 7.27. The molecule has 0 aliphatic heterocycles. The average Bonchev–Trinajstić information content (AvgIpc) is 2.53. The fraction of sp³-hybridized carbons (Fsp3) is 0.188. The first-order chi connectivity index (χ1) is 10.2. The van der Waals surface area contributed by atoms with Crippen LogP contribution in [-0.2, 0) is 0 Å². The Morgan fingerprint density at radius 1 is 1.14 bits per heavy atom.